The van der Waals surface area contributed by atoms with Crippen molar-refractivity contribution in [2.45, 2.75) is 46.1 Å². The van der Waals surface area contributed by atoms with Crippen molar-refractivity contribution in [1.82, 2.24) is 0 Å². The van der Waals surface area contributed by atoms with Gasteiger partial charge in [-0.1, -0.05) is 51.3 Å². The predicted molar refractivity (Wildman–Crippen MR) is 116 cm³/mol. The summed E-state index contributed by atoms with van der Waals surface area (Å²) < 4.78 is 5.30. The summed E-state index contributed by atoms with van der Waals surface area (Å²) >= 11 is 0. The lowest BCUT2D eigenvalue weighted by Gasteiger charge is -2.38. The van der Waals surface area contributed by atoms with Gasteiger partial charge in [-0.3, -0.25) is 0 Å². The minimum atomic E-state index is 0.251. The fraction of sp³-hybridized carbons (Fsp3) is 0.360. The van der Waals surface area contributed by atoms with Crippen LogP contribution in [-0.2, 0) is 17.6 Å². The van der Waals surface area contributed by atoms with Crippen LogP contribution in [-0.4, -0.2) is 7.11 Å². The SMILES string of the molecule is C=C(OC)c1ccc2c(c1)CCC(=C)N2C(C)c1ccc(CC(C)C)cc1. The van der Waals surface area contributed by atoms with E-state index in [1.807, 2.05) is 0 Å². The van der Waals surface area contributed by atoms with Crippen molar-refractivity contribution in [3.63, 3.8) is 0 Å². The van der Waals surface area contributed by atoms with Crippen LogP contribution in [0.5, 0.6) is 0 Å². The van der Waals surface area contributed by atoms with Crippen LogP contribution in [0.4, 0.5) is 5.69 Å². The number of fused-ring (bicyclic) bond motifs is 1. The summed E-state index contributed by atoms with van der Waals surface area (Å²) in [5.74, 6) is 1.39. The lowest BCUT2D eigenvalue weighted by Crippen LogP contribution is -2.30. The van der Waals surface area contributed by atoms with Crippen LogP contribution < -0.4 is 4.90 Å². The van der Waals surface area contributed by atoms with Gasteiger partial charge >= 0.3 is 0 Å². The van der Waals surface area contributed by atoms with Gasteiger partial charge in [-0.2, -0.15) is 0 Å². The maximum Gasteiger partial charge on any atom is 0.118 e. The molecule has 0 amide bonds. The Balaban J connectivity index is 1.90. The highest BCUT2D eigenvalue weighted by molar-refractivity contribution is 5.68. The molecular weight excluding hydrogens is 330 g/mol. The first-order valence-electron chi connectivity index (χ1n) is 9.82. The van der Waals surface area contributed by atoms with E-state index in [1.54, 1.807) is 7.11 Å². The minimum Gasteiger partial charge on any atom is -0.497 e. The number of allylic oxidation sites excluding steroid dienone is 1. The molecule has 1 aliphatic rings. The Kier molecular flexibility index (Phi) is 5.74. The summed E-state index contributed by atoms with van der Waals surface area (Å²) in [5.41, 5.74) is 7.54. The molecule has 0 N–H and O–H groups in total. The number of aryl methyl sites for hydroxylation is 1. The number of anilines is 1. The van der Waals surface area contributed by atoms with Gasteiger partial charge in [0.25, 0.3) is 0 Å². The highest BCUT2D eigenvalue weighted by Crippen LogP contribution is 2.39. The molecule has 1 heterocycles. The molecule has 0 fully saturated rings. The van der Waals surface area contributed by atoms with E-state index in [4.69, 9.17) is 4.74 Å². The number of hydrogen-bond donors (Lipinski definition) is 0. The third kappa shape index (κ3) is 4.10. The van der Waals surface area contributed by atoms with E-state index in [-0.39, 0.29) is 6.04 Å². The zero-order valence-electron chi connectivity index (χ0n) is 17.1. The van der Waals surface area contributed by atoms with E-state index in [0.717, 1.165) is 24.8 Å². The van der Waals surface area contributed by atoms with Gasteiger partial charge in [0.05, 0.1) is 13.2 Å². The van der Waals surface area contributed by atoms with Gasteiger partial charge in [-0.15, -0.1) is 0 Å². The number of ether oxygens (including phenoxy) is 1. The lowest BCUT2D eigenvalue weighted by atomic mass is 9.93. The summed E-state index contributed by atoms with van der Waals surface area (Å²) in [5, 5.41) is 0. The Morgan fingerprint density at radius 3 is 2.41 bits per heavy atom. The van der Waals surface area contributed by atoms with Gasteiger partial charge in [-0.05, 0) is 67.0 Å². The smallest absolute Gasteiger partial charge is 0.118 e. The molecule has 2 nitrogen and oxygen atoms in total. The van der Waals surface area contributed by atoms with Crippen LogP contribution in [0.3, 0.4) is 0 Å². The molecule has 1 unspecified atom stereocenters. The van der Waals surface area contributed by atoms with Crippen LogP contribution in [0.2, 0.25) is 0 Å². The average molecular weight is 362 g/mol. The molecule has 1 aliphatic heterocycles. The van der Waals surface area contributed by atoms with Crippen LogP contribution in [0.15, 0.2) is 61.3 Å². The van der Waals surface area contributed by atoms with Crippen LogP contribution in [0.1, 0.15) is 55.5 Å². The Morgan fingerprint density at radius 2 is 1.78 bits per heavy atom. The molecule has 27 heavy (non-hydrogen) atoms. The molecule has 2 aromatic carbocycles. The first-order valence-corrected chi connectivity index (χ1v) is 9.82. The van der Waals surface area contributed by atoms with Gasteiger partial charge < -0.3 is 9.64 Å². The van der Waals surface area contributed by atoms with Crippen LogP contribution >= 0.6 is 0 Å². The molecule has 3 rings (SSSR count). The summed E-state index contributed by atoms with van der Waals surface area (Å²) in [6, 6.07) is 15.8. The van der Waals surface area contributed by atoms with Crippen LogP contribution in [0, 0.1) is 5.92 Å². The fourth-order valence-corrected chi connectivity index (χ4v) is 3.92. The molecule has 142 valence electrons. The number of rotatable bonds is 6. The lowest BCUT2D eigenvalue weighted by molar-refractivity contribution is 0.371. The maximum atomic E-state index is 5.30. The average Bonchev–Trinajstić information content (AvgIpc) is 2.66. The maximum absolute atomic E-state index is 5.30. The number of methoxy groups -OCH3 is 1. The summed E-state index contributed by atoms with van der Waals surface area (Å²) in [4.78, 5) is 2.38. The normalized spacial score (nSPS) is 14.9. The first kappa shape index (κ1) is 19.3. The number of nitrogens with zero attached hydrogens (tertiary/aromatic N) is 1. The zero-order chi connectivity index (χ0) is 19.6. The number of hydrogen-bond acceptors (Lipinski definition) is 2. The first-order chi connectivity index (χ1) is 12.9. The second kappa shape index (κ2) is 8.04. The Morgan fingerprint density at radius 1 is 1.07 bits per heavy atom. The predicted octanol–water partition coefficient (Wildman–Crippen LogP) is 6.53. The van der Waals surface area contributed by atoms with Crippen molar-refractivity contribution in [3.05, 3.63) is 83.6 Å². The van der Waals surface area contributed by atoms with E-state index in [2.05, 4.69) is 81.3 Å². The Bertz CT molecular complexity index is 832. The van der Waals surface area contributed by atoms with E-state index in [1.165, 1.54) is 28.1 Å². The monoisotopic (exact) mass is 361 g/mol. The standard InChI is InChI=1S/C25H31NO/c1-17(2)15-21-8-11-22(12-9-21)19(4)26-18(3)7-10-24-16-23(20(5)27-6)13-14-25(24)26/h8-9,11-14,16-17,19H,3,5,7,10,15H2,1-2,4,6H3. The molecule has 0 bridgehead atoms. The van der Waals surface area contributed by atoms with Gasteiger partial charge in [0.2, 0.25) is 0 Å². The van der Waals surface area contributed by atoms with Crippen LogP contribution in [0.25, 0.3) is 5.76 Å². The molecule has 0 spiro atoms. The van der Waals surface area contributed by atoms with E-state index in [0.29, 0.717) is 11.7 Å². The van der Waals surface area contributed by atoms with Crippen molar-refractivity contribution in [3.8, 4) is 0 Å². The molecule has 1 atom stereocenters. The Hall–Kier alpha value is -2.48. The highest BCUT2D eigenvalue weighted by Gasteiger charge is 2.25. The fourth-order valence-electron chi connectivity index (χ4n) is 3.92. The van der Waals surface area contributed by atoms with Gasteiger partial charge in [0, 0.05) is 16.9 Å². The van der Waals surface area contributed by atoms with Crippen molar-refractivity contribution in [1.29, 1.82) is 0 Å². The molecule has 2 aromatic rings. The summed E-state index contributed by atoms with van der Waals surface area (Å²) in [7, 11) is 1.67. The van der Waals surface area contributed by atoms with Crippen molar-refractivity contribution < 1.29 is 4.74 Å². The Labute approximate surface area is 164 Å². The summed E-state index contributed by atoms with van der Waals surface area (Å²) in [6.07, 6.45) is 3.11. The minimum absolute atomic E-state index is 0.251. The largest absolute Gasteiger partial charge is 0.497 e. The van der Waals surface area contributed by atoms with E-state index >= 15 is 0 Å². The van der Waals surface area contributed by atoms with Gasteiger partial charge in [-0.25, -0.2) is 0 Å². The van der Waals surface area contributed by atoms with E-state index < -0.39 is 0 Å². The third-order valence-corrected chi connectivity index (χ3v) is 5.42. The number of benzene rings is 2. The van der Waals surface area contributed by atoms with Crippen molar-refractivity contribution in [2.75, 3.05) is 12.0 Å². The molecule has 0 aliphatic carbocycles. The van der Waals surface area contributed by atoms with Gasteiger partial charge in [0.15, 0.2) is 0 Å². The molecular formula is C25H31NO. The zero-order valence-corrected chi connectivity index (χ0v) is 17.1. The van der Waals surface area contributed by atoms with E-state index in [9.17, 15) is 0 Å². The van der Waals surface area contributed by atoms with Gasteiger partial charge in [0.1, 0.15) is 5.76 Å². The molecule has 0 radical (unpaired) electrons. The molecule has 0 aromatic heterocycles. The topological polar surface area (TPSA) is 12.5 Å². The highest BCUT2D eigenvalue weighted by atomic mass is 16.5. The third-order valence-electron chi connectivity index (χ3n) is 5.42. The van der Waals surface area contributed by atoms with Crippen molar-refractivity contribution in [2.24, 2.45) is 5.92 Å². The quantitative estimate of drug-likeness (QED) is 0.542. The molecule has 0 saturated heterocycles. The summed E-state index contributed by atoms with van der Waals surface area (Å²) in [6.45, 7) is 15.1. The second-order valence-corrected chi connectivity index (χ2v) is 7.92. The second-order valence-electron chi connectivity index (χ2n) is 7.92. The molecule has 2 heteroatoms. The molecule has 0 saturated carbocycles. The van der Waals surface area contributed by atoms with Crippen molar-refractivity contribution >= 4 is 11.4 Å².